The van der Waals surface area contributed by atoms with E-state index < -0.39 is 29.6 Å². The molecule has 0 aliphatic carbocycles. The lowest BCUT2D eigenvalue weighted by Gasteiger charge is -2.23. The van der Waals surface area contributed by atoms with Crippen LogP contribution in [0, 0.1) is 11.6 Å². The van der Waals surface area contributed by atoms with Crippen molar-refractivity contribution in [3.8, 4) is 0 Å². The molecule has 3 rings (SSSR count). The second kappa shape index (κ2) is 5.55. The van der Waals surface area contributed by atoms with Gasteiger partial charge in [-0.1, -0.05) is 18.2 Å². The van der Waals surface area contributed by atoms with Crippen LogP contribution in [0.1, 0.15) is 15.9 Å². The van der Waals surface area contributed by atoms with E-state index in [-0.39, 0.29) is 12.1 Å². The van der Waals surface area contributed by atoms with Crippen molar-refractivity contribution in [3.05, 3.63) is 65.2 Å². The quantitative estimate of drug-likeness (QED) is 0.868. The van der Waals surface area contributed by atoms with Gasteiger partial charge in [-0.15, -0.1) is 0 Å². The number of hydrogen-bond donors (Lipinski definition) is 1. The van der Waals surface area contributed by atoms with Gasteiger partial charge in [-0.3, -0.25) is 4.79 Å². The second-order valence-electron chi connectivity index (χ2n) is 4.87. The average molecular weight is 303 g/mol. The first-order valence-electron chi connectivity index (χ1n) is 6.59. The number of carbonyl (C=O) groups is 2. The molecular weight excluding hydrogens is 292 g/mol. The molecule has 0 saturated carbocycles. The third kappa shape index (κ3) is 2.67. The molecule has 4 nitrogen and oxygen atoms in total. The van der Waals surface area contributed by atoms with Crippen molar-refractivity contribution >= 4 is 17.6 Å². The molecule has 1 amide bonds. The highest BCUT2D eigenvalue weighted by molar-refractivity contribution is 6.00. The lowest BCUT2D eigenvalue weighted by molar-refractivity contribution is -0.125. The van der Waals surface area contributed by atoms with Crippen LogP contribution in [0.5, 0.6) is 0 Å². The molecule has 0 spiro atoms. The fraction of sp³-hybridized carbons (Fsp3) is 0.125. The molecule has 1 N–H and O–H groups in total. The predicted octanol–water partition coefficient (Wildman–Crippen LogP) is 2.69. The van der Waals surface area contributed by atoms with Crippen molar-refractivity contribution < 1.29 is 23.1 Å². The number of fused-ring (bicyclic) bond motifs is 1. The van der Waals surface area contributed by atoms with Crippen molar-refractivity contribution in [3.63, 3.8) is 0 Å². The molecule has 112 valence electrons. The summed E-state index contributed by atoms with van der Waals surface area (Å²) in [7, 11) is 0. The van der Waals surface area contributed by atoms with Gasteiger partial charge < -0.3 is 10.1 Å². The minimum absolute atomic E-state index is 0.185. The van der Waals surface area contributed by atoms with Crippen LogP contribution in [-0.2, 0) is 16.0 Å². The normalized spacial score (nSPS) is 16.6. The van der Waals surface area contributed by atoms with Crippen molar-refractivity contribution in [2.45, 2.75) is 12.5 Å². The van der Waals surface area contributed by atoms with E-state index >= 15 is 0 Å². The van der Waals surface area contributed by atoms with Crippen LogP contribution in [0.15, 0.2) is 42.5 Å². The Labute approximate surface area is 124 Å². The Hall–Kier alpha value is -2.76. The Morgan fingerprint density at radius 1 is 1.18 bits per heavy atom. The van der Waals surface area contributed by atoms with Crippen molar-refractivity contribution in [2.75, 3.05) is 5.32 Å². The summed E-state index contributed by atoms with van der Waals surface area (Å²) < 4.78 is 31.7. The number of amides is 1. The lowest BCUT2D eigenvalue weighted by Crippen LogP contribution is -2.38. The highest BCUT2D eigenvalue weighted by Gasteiger charge is 2.31. The molecule has 1 unspecified atom stereocenters. The molecule has 2 aromatic carbocycles. The number of halogens is 2. The van der Waals surface area contributed by atoms with Crippen molar-refractivity contribution in [1.29, 1.82) is 0 Å². The highest BCUT2D eigenvalue weighted by Crippen LogP contribution is 2.22. The molecule has 6 heteroatoms. The molecule has 22 heavy (non-hydrogen) atoms. The molecule has 0 aromatic heterocycles. The maximum atomic E-state index is 13.5. The molecule has 1 aliphatic heterocycles. The summed E-state index contributed by atoms with van der Waals surface area (Å²) >= 11 is 0. The number of anilines is 1. The number of ether oxygens (including phenoxy) is 1. The molecule has 1 heterocycles. The number of hydrogen-bond acceptors (Lipinski definition) is 3. The first kappa shape index (κ1) is 14.2. The summed E-state index contributed by atoms with van der Waals surface area (Å²) in [6.45, 7) is 0. The third-order valence-electron chi connectivity index (χ3n) is 3.37. The first-order chi connectivity index (χ1) is 10.5. The molecule has 0 radical (unpaired) electrons. The van der Waals surface area contributed by atoms with Gasteiger partial charge in [0, 0.05) is 12.5 Å². The van der Waals surface area contributed by atoms with Gasteiger partial charge in [0.05, 0.1) is 11.3 Å². The summed E-state index contributed by atoms with van der Waals surface area (Å²) in [6, 6.07) is 9.50. The Balaban J connectivity index is 1.79. The van der Waals surface area contributed by atoms with Gasteiger partial charge in [0.15, 0.2) is 6.10 Å². The van der Waals surface area contributed by atoms with Crippen molar-refractivity contribution in [2.24, 2.45) is 0 Å². The monoisotopic (exact) mass is 303 g/mol. The Bertz CT molecular complexity index is 761. The van der Waals surface area contributed by atoms with Crippen LogP contribution in [0.4, 0.5) is 14.5 Å². The highest BCUT2D eigenvalue weighted by atomic mass is 19.1. The van der Waals surface area contributed by atoms with Gasteiger partial charge in [0.25, 0.3) is 5.91 Å². The van der Waals surface area contributed by atoms with Crippen molar-refractivity contribution in [1.82, 2.24) is 0 Å². The molecule has 2 aromatic rings. The van der Waals surface area contributed by atoms with E-state index in [0.717, 1.165) is 18.2 Å². The zero-order valence-corrected chi connectivity index (χ0v) is 11.3. The van der Waals surface area contributed by atoms with Crippen LogP contribution in [0.3, 0.4) is 0 Å². The molecule has 1 aliphatic rings. The van der Waals surface area contributed by atoms with Gasteiger partial charge in [0.1, 0.15) is 11.6 Å². The predicted molar refractivity (Wildman–Crippen MR) is 74.3 cm³/mol. The first-order valence-corrected chi connectivity index (χ1v) is 6.59. The van der Waals surface area contributed by atoms with Crippen LogP contribution in [0.25, 0.3) is 0 Å². The minimum Gasteiger partial charge on any atom is -0.448 e. The van der Waals surface area contributed by atoms with E-state index in [4.69, 9.17) is 4.74 Å². The van der Waals surface area contributed by atoms with Crippen LogP contribution >= 0.6 is 0 Å². The molecular formula is C16H11F2NO3. The number of cyclic esters (lactones) is 1. The number of benzene rings is 2. The van der Waals surface area contributed by atoms with Crippen LogP contribution in [0.2, 0.25) is 0 Å². The zero-order valence-electron chi connectivity index (χ0n) is 11.3. The average Bonchev–Trinajstić information content (AvgIpc) is 2.51. The Kier molecular flexibility index (Phi) is 3.58. The largest absolute Gasteiger partial charge is 0.448 e. The number of nitrogens with one attached hydrogen (secondary N) is 1. The van der Waals surface area contributed by atoms with E-state index in [1.807, 2.05) is 0 Å². The van der Waals surface area contributed by atoms with E-state index in [1.165, 1.54) is 0 Å². The Morgan fingerprint density at radius 2 is 1.95 bits per heavy atom. The second-order valence-corrected chi connectivity index (χ2v) is 4.87. The number of rotatable bonds is 2. The fourth-order valence-electron chi connectivity index (χ4n) is 2.28. The fourth-order valence-corrected chi connectivity index (χ4v) is 2.28. The molecule has 0 bridgehead atoms. The third-order valence-corrected chi connectivity index (χ3v) is 3.37. The topological polar surface area (TPSA) is 55.4 Å². The van der Waals surface area contributed by atoms with Crippen LogP contribution in [-0.4, -0.2) is 18.0 Å². The smallest absolute Gasteiger partial charge is 0.339 e. The van der Waals surface area contributed by atoms with E-state index in [2.05, 4.69) is 5.32 Å². The summed E-state index contributed by atoms with van der Waals surface area (Å²) in [6.07, 6.45) is -0.893. The van der Waals surface area contributed by atoms with E-state index in [1.54, 1.807) is 24.3 Å². The standard InChI is InChI=1S/C16H11F2NO3/c17-10-5-6-12(18)13(8-10)19-15(20)14-7-9-3-1-2-4-11(9)16(21)22-14/h1-6,8,14H,7H2,(H,19,20). The van der Waals surface area contributed by atoms with Gasteiger partial charge in [0.2, 0.25) is 0 Å². The zero-order chi connectivity index (χ0) is 15.7. The van der Waals surface area contributed by atoms with Gasteiger partial charge in [-0.2, -0.15) is 0 Å². The Morgan fingerprint density at radius 3 is 2.77 bits per heavy atom. The lowest BCUT2D eigenvalue weighted by atomic mass is 9.98. The summed E-state index contributed by atoms with van der Waals surface area (Å²) in [4.78, 5) is 23.9. The van der Waals surface area contributed by atoms with Gasteiger partial charge in [-0.05, 0) is 23.8 Å². The SMILES string of the molecule is O=C1OC(C(=O)Nc2cc(F)ccc2F)Cc2ccccc21. The molecule has 1 atom stereocenters. The summed E-state index contributed by atoms with van der Waals surface area (Å²) in [5.41, 5.74) is 0.794. The number of esters is 1. The number of carbonyl (C=O) groups excluding carboxylic acids is 2. The maximum absolute atomic E-state index is 13.5. The van der Waals surface area contributed by atoms with E-state index in [9.17, 15) is 18.4 Å². The summed E-state index contributed by atoms with van der Waals surface area (Å²) in [5, 5.41) is 2.24. The molecule has 0 fully saturated rings. The van der Waals surface area contributed by atoms with Crippen LogP contribution < -0.4 is 5.32 Å². The maximum Gasteiger partial charge on any atom is 0.339 e. The van der Waals surface area contributed by atoms with Gasteiger partial charge >= 0.3 is 5.97 Å². The minimum atomic E-state index is -1.08. The van der Waals surface area contributed by atoms with E-state index in [0.29, 0.717) is 11.1 Å². The van der Waals surface area contributed by atoms with Gasteiger partial charge in [-0.25, -0.2) is 13.6 Å². The molecule has 0 saturated heterocycles. The summed E-state index contributed by atoms with van der Waals surface area (Å²) in [5.74, 6) is -2.76.